The number of nitrogens with one attached hydrogen (secondary N) is 1. The normalized spacial score (nSPS) is 19.8. The van der Waals surface area contributed by atoms with Crippen LogP contribution in [-0.2, 0) is 9.59 Å². The van der Waals surface area contributed by atoms with E-state index < -0.39 is 6.04 Å². The van der Waals surface area contributed by atoms with Gasteiger partial charge in [0.05, 0.1) is 12.6 Å². The fourth-order valence-electron chi connectivity index (χ4n) is 2.85. The second-order valence-corrected chi connectivity index (χ2v) is 6.97. The summed E-state index contributed by atoms with van der Waals surface area (Å²) in [5.74, 6) is 1.09. The van der Waals surface area contributed by atoms with Crippen LogP contribution in [0.1, 0.15) is 47.0 Å². The third-order valence-electron chi connectivity index (χ3n) is 4.11. The zero-order valence-corrected chi connectivity index (χ0v) is 15.1. The summed E-state index contributed by atoms with van der Waals surface area (Å²) in [6.45, 7) is 9.92. The Bertz CT molecular complexity index is 361. The predicted octanol–water partition coefficient (Wildman–Crippen LogP) is 1.79. The molecule has 0 aromatic rings. The lowest BCUT2D eigenvalue weighted by atomic mass is 9.90. The van der Waals surface area contributed by atoms with Crippen LogP contribution in [-0.4, -0.2) is 42.4 Å². The topological polar surface area (TPSA) is 75.4 Å². The Labute approximate surface area is 140 Å². The Morgan fingerprint density at radius 1 is 1.27 bits per heavy atom. The molecule has 130 valence electrons. The van der Waals surface area contributed by atoms with Crippen molar-refractivity contribution in [1.82, 2.24) is 10.2 Å². The number of carbonyl (C=O) groups is 2. The molecule has 0 aromatic carbocycles. The molecule has 1 saturated heterocycles. The first-order chi connectivity index (χ1) is 9.81. The Balaban J connectivity index is 0.00000441. The Morgan fingerprint density at radius 3 is 2.45 bits per heavy atom. The highest BCUT2D eigenvalue weighted by atomic mass is 35.5. The van der Waals surface area contributed by atoms with Gasteiger partial charge in [0, 0.05) is 13.1 Å². The van der Waals surface area contributed by atoms with Crippen LogP contribution < -0.4 is 11.1 Å². The van der Waals surface area contributed by atoms with Crippen LogP contribution in [0.3, 0.4) is 0 Å². The van der Waals surface area contributed by atoms with Crippen molar-refractivity contribution in [3.8, 4) is 0 Å². The van der Waals surface area contributed by atoms with E-state index in [1.165, 1.54) is 6.42 Å². The monoisotopic (exact) mass is 333 g/mol. The van der Waals surface area contributed by atoms with Gasteiger partial charge in [-0.05, 0) is 37.0 Å². The molecule has 0 aromatic heterocycles. The highest BCUT2D eigenvalue weighted by Crippen LogP contribution is 2.23. The number of hydrogen-bond acceptors (Lipinski definition) is 3. The van der Waals surface area contributed by atoms with Gasteiger partial charge in [-0.2, -0.15) is 0 Å². The minimum atomic E-state index is -0.548. The average Bonchev–Trinajstić information content (AvgIpc) is 2.42. The van der Waals surface area contributed by atoms with Crippen molar-refractivity contribution in [1.29, 1.82) is 0 Å². The van der Waals surface area contributed by atoms with Crippen molar-refractivity contribution in [3.63, 3.8) is 0 Å². The highest BCUT2D eigenvalue weighted by Gasteiger charge is 2.25. The SMILES string of the molecule is CC(C)CC1CCCN(C(=O)CNC(=O)[C@@H](N)C(C)C)C1.Cl. The molecule has 2 amide bonds. The van der Waals surface area contributed by atoms with E-state index in [0.717, 1.165) is 25.9 Å². The Kier molecular flexibility index (Phi) is 9.69. The molecular formula is C16H32ClN3O2. The van der Waals surface area contributed by atoms with E-state index in [1.54, 1.807) is 0 Å². The van der Waals surface area contributed by atoms with E-state index in [-0.39, 0.29) is 36.7 Å². The molecule has 0 saturated carbocycles. The molecule has 1 fully saturated rings. The quantitative estimate of drug-likeness (QED) is 0.778. The van der Waals surface area contributed by atoms with Gasteiger partial charge in [0.1, 0.15) is 0 Å². The summed E-state index contributed by atoms with van der Waals surface area (Å²) in [4.78, 5) is 25.9. The van der Waals surface area contributed by atoms with Crippen LogP contribution in [0.2, 0.25) is 0 Å². The molecule has 1 unspecified atom stereocenters. The minimum Gasteiger partial charge on any atom is -0.346 e. The molecule has 5 nitrogen and oxygen atoms in total. The molecule has 0 radical (unpaired) electrons. The fourth-order valence-corrected chi connectivity index (χ4v) is 2.85. The minimum absolute atomic E-state index is 0. The van der Waals surface area contributed by atoms with Gasteiger partial charge in [0.2, 0.25) is 11.8 Å². The van der Waals surface area contributed by atoms with E-state index in [2.05, 4.69) is 19.2 Å². The van der Waals surface area contributed by atoms with Crippen molar-refractivity contribution >= 4 is 24.2 Å². The first kappa shape index (κ1) is 21.2. The third kappa shape index (κ3) is 6.97. The van der Waals surface area contributed by atoms with E-state index in [0.29, 0.717) is 11.8 Å². The summed E-state index contributed by atoms with van der Waals surface area (Å²) in [5, 5.41) is 2.66. The smallest absolute Gasteiger partial charge is 0.241 e. The predicted molar refractivity (Wildman–Crippen MR) is 91.8 cm³/mol. The number of hydrogen-bond donors (Lipinski definition) is 2. The van der Waals surface area contributed by atoms with Crippen molar-refractivity contribution in [2.45, 2.75) is 53.0 Å². The summed E-state index contributed by atoms with van der Waals surface area (Å²) in [7, 11) is 0. The van der Waals surface area contributed by atoms with Crippen LogP contribution in [0.4, 0.5) is 0 Å². The number of nitrogens with zero attached hydrogens (tertiary/aromatic N) is 1. The molecule has 0 aliphatic carbocycles. The molecule has 1 aliphatic rings. The molecule has 3 N–H and O–H groups in total. The molecule has 22 heavy (non-hydrogen) atoms. The van der Waals surface area contributed by atoms with E-state index in [4.69, 9.17) is 5.73 Å². The Morgan fingerprint density at radius 2 is 1.91 bits per heavy atom. The lowest BCUT2D eigenvalue weighted by molar-refractivity contribution is -0.134. The maximum atomic E-state index is 12.2. The number of halogens is 1. The lowest BCUT2D eigenvalue weighted by Gasteiger charge is -2.33. The molecule has 6 heteroatoms. The molecule has 1 aliphatic heterocycles. The molecule has 1 heterocycles. The van der Waals surface area contributed by atoms with Crippen LogP contribution in [0.25, 0.3) is 0 Å². The first-order valence-corrected chi connectivity index (χ1v) is 8.12. The molecule has 1 rings (SSSR count). The zero-order chi connectivity index (χ0) is 16.0. The zero-order valence-electron chi connectivity index (χ0n) is 14.3. The highest BCUT2D eigenvalue weighted by molar-refractivity contribution is 5.87. The van der Waals surface area contributed by atoms with Crippen LogP contribution in [0.15, 0.2) is 0 Å². The van der Waals surface area contributed by atoms with Crippen molar-refractivity contribution < 1.29 is 9.59 Å². The molecular weight excluding hydrogens is 302 g/mol. The third-order valence-corrected chi connectivity index (χ3v) is 4.11. The largest absolute Gasteiger partial charge is 0.346 e. The van der Waals surface area contributed by atoms with E-state index in [9.17, 15) is 9.59 Å². The second-order valence-electron chi connectivity index (χ2n) is 6.97. The van der Waals surface area contributed by atoms with Crippen molar-refractivity contribution in [3.05, 3.63) is 0 Å². The van der Waals surface area contributed by atoms with Gasteiger partial charge in [0.25, 0.3) is 0 Å². The van der Waals surface area contributed by atoms with Gasteiger partial charge in [-0.3, -0.25) is 9.59 Å². The van der Waals surface area contributed by atoms with Gasteiger partial charge >= 0.3 is 0 Å². The standard InChI is InChI=1S/C16H31N3O2.ClH/c1-11(2)8-13-6-5-7-19(10-13)14(20)9-18-16(21)15(17)12(3)4;/h11-13,15H,5-10,17H2,1-4H3,(H,18,21);1H/t13?,15-;/m0./s1. The molecule has 0 bridgehead atoms. The van der Waals surface area contributed by atoms with Gasteiger partial charge in [-0.1, -0.05) is 27.7 Å². The van der Waals surface area contributed by atoms with Crippen LogP contribution >= 0.6 is 12.4 Å². The summed E-state index contributed by atoms with van der Waals surface area (Å²) >= 11 is 0. The average molecular weight is 334 g/mol. The maximum Gasteiger partial charge on any atom is 0.241 e. The number of likely N-dealkylation sites (tertiary alicyclic amines) is 1. The van der Waals surface area contributed by atoms with Crippen LogP contribution in [0, 0.1) is 17.8 Å². The summed E-state index contributed by atoms with van der Waals surface area (Å²) in [6, 6.07) is -0.548. The van der Waals surface area contributed by atoms with E-state index in [1.807, 2.05) is 18.7 Å². The summed E-state index contributed by atoms with van der Waals surface area (Å²) < 4.78 is 0. The van der Waals surface area contributed by atoms with Gasteiger partial charge in [-0.25, -0.2) is 0 Å². The van der Waals surface area contributed by atoms with Gasteiger partial charge < -0.3 is 16.0 Å². The van der Waals surface area contributed by atoms with Crippen LogP contribution in [0.5, 0.6) is 0 Å². The van der Waals surface area contributed by atoms with E-state index >= 15 is 0 Å². The molecule has 0 spiro atoms. The number of carbonyl (C=O) groups excluding carboxylic acids is 2. The van der Waals surface area contributed by atoms with Crippen molar-refractivity contribution in [2.24, 2.45) is 23.5 Å². The van der Waals surface area contributed by atoms with Gasteiger partial charge in [-0.15, -0.1) is 12.4 Å². The maximum absolute atomic E-state index is 12.2. The first-order valence-electron chi connectivity index (χ1n) is 8.12. The number of rotatable bonds is 6. The van der Waals surface area contributed by atoms with Gasteiger partial charge in [0.15, 0.2) is 0 Å². The lowest BCUT2D eigenvalue weighted by Crippen LogP contribution is -2.49. The number of amides is 2. The summed E-state index contributed by atoms with van der Waals surface area (Å²) in [5.41, 5.74) is 5.76. The second kappa shape index (κ2) is 10.1. The van der Waals surface area contributed by atoms with Crippen molar-refractivity contribution in [2.75, 3.05) is 19.6 Å². The number of piperidine rings is 1. The summed E-state index contributed by atoms with van der Waals surface area (Å²) in [6.07, 6.45) is 3.42. The Hall–Kier alpha value is -0.810. The molecule has 2 atom stereocenters. The number of nitrogens with two attached hydrogens (primary N) is 1. The fraction of sp³-hybridized carbons (Fsp3) is 0.875.